The van der Waals surface area contributed by atoms with Gasteiger partial charge in [0.05, 0.1) is 11.7 Å². The molecular formula is C23H24N4O3. The van der Waals surface area contributed by atoms with E-state index in [0.717, 1.165) is 24.4 Å². The molecule has 0 aliphatic carbocycles. The van der Waals surface area contributed by atoms with Gasteiger partial charge in [-0.15, -0.1) is 0 Å². The van der Waals surface area contributed by atoms with E-state index >= 15 is 0 Å². The average Bonchev–Trinajstić information content (AvgIpc) is 3.41. The zero-order valence-electron chi connectivity index (χ0n) is 16.9. The van der Waals surface area contributed by atoms with Gasteiger partial charge in [0.15, 0.2) is 5.76 Å². The fourth-order valence-electron chi connectivity index (χ4n) is 4.12. The molecule has 1 atom stereocenters. The third kappa shape index (κ3) is 3.52. The normalized spacial score (nSPS) is 17.9. The zero-order valence-corrected chi connectivity index (χ0v) is 16.9. The minimum atomic E-state index is 0.418. The highest BCUT2D eigenvalue weighted by Gasteiger charge is 2.19. The minimum absolute atomic E-state index is 0.418. The van der Waals surface area contributed by atoms with Crippen molar-refractivity contribution in [3.8, 4) is 17.2 Å². The van der Waals surface area contributed by atoms with Crippen LogP contribution in [0.1, 0.15) is 19.8 Å². The zero-order chi connectivity index (χ0) is 20.5. The second-order valence-electron chi connectivity index (χ2n) is 7.74. The summed E-state index contributed by atoms with van der Waals surface area (Å²) >= 11 is 0. The van der Waals surface area contributed by atoms with Crippen molar-refractivity contribution in [1.29, 1.82) is 0 Å². The molecule has 1 fully saturated rings. The Morgan fingerprint density at radius 3 is 3.03 bits per heavy atom. The largest absolute Gasteiger partial charge is 0.492 e. The molecule has 30 heavy (non-hydrogen) atoms. The molecule has 1 unspecified atom stereocenters. The first-order valence-electron chi connectivity index (χ1n) is 10.3. The van der Waals surface area contributed by atoms with Gasteiger partial charge < -0.3 is 18.8 Å². The molecule has 0 saturated carbocycles. The summed E-state index contributed by atoms with van der Waals surface area (Å²) in [5, 5.41) is 14.2. The number of likely N-dealkylation sites (tertiary alicyclic amines) is 1. The Bertz CT molecular complexity index is 1260. The molecular weight excluding hydrogens is 380 g/mol. The van der Waals surface area contributed by atoms with Crippen LogP contribution in [0.4, 0.5) is 0 Å². The molecule has 3 aromatic heterocycles. The van der Waals surface area contributed by atoms with Crippen LogP contribution in [0, 0.1) is 0 Å². The summed E-state index contributed by atoms with van der Waals surface area (Å²) in [5.41, 5.74) is 2.29. The van der Waals surface area contributed by atoms with Gasteiger partial charge >= 0.3 is 0 Å². The summed E-state index contributed by atoms with van der Waals surface area (Å²) in [7, 11) is 0. The molecule has 4 aromatic rings. The molecule has 1 N–H and O–H groups in total. The van der Waals surface area contributed by atoms with Crippen molar-refractivity contribution in [1.82, 2.24) is 14.3 Å². The molecule has 1 aromatic carbocycles. The molecule has 0 radical (unpaired) electrons. The minimum Gasteiger partial charge on any atom is -0.492 e. The molecule has 5 rings (SSSR count). The number of rotatable bonds is 5. The highest BCUT2D eigenvalue weighted by Crippen LogP contribution is 2.25. The molecule has 1 aliphatic heterocycles. The average molecular weight is 404 g/mol. The van der Waals surface area contributed by atoms with E-state index in [-0.39, 0.29) is 0 Å². The number of fused-ring (bicyclic) bond motifs is 2. The van der Waals surface area contributed by atoms with Crippen LogP contribution in [0.15, 0.2) is 64.6 Å². The monoisotopic (exact) mass is 404 g/mol. The van der Waals surface area contributed by atoms with Crippen molar-refractivity contribution < 1.29 is 14.4 Å². The second-order valence-corrected chi connectivity index (χ2v) is 7.74. The lowest BCUT2D eigenvalue weighted by Gasteiger charge is -2.20. The molecule has 0 spiro atoms. The van der Waals surface area contributed by atoms with Crippen molar-refractivity contribution in [2.24, 2.45) is 5.16 Å². The maximum absolute atomic E-state index is 9.60. The predicted molar refractivity (Wildman–Crippen MR) is 114 cm³/mol. The van der Waals surface area contributed by atoms with E-state index in [2.05, 4.69) is 22.0 Å². The van der Waals surface area contributed by atoms with Crippen LogP contribution in [0.25, 0.3) is 27.9 Å². The molecule has 7 heteroatoms. The van der Waals surface area contributed by atoms with Gasteiger partial charge in [-0.25, -0.2) is 4.98 Å². The maximum atomic E-state index is 9.60. The van der Waals surface area contributed by atoms with E-state index < -0.39 is 0 Å². The number of hydrogen-bond donors (Lipinski definition) is 1. The Morgan fingerprint density at radius 2 is 2.20 bits per heavy atom. The lowest BCUT2D eigenvalue weighted by Crippen LogP contribution is -2.31. The maximum Gasteiger partial charge on any atom is 0.155 e. The van der Waals surface area contributed by atoms with E-state index in [4.69, 9.17) is 9.15 Å². The Morgan fingerprint density at radius 1 is 1.27 bits per heavy atom. The first kappa shape index (κ1) is 18.7. The molecule has 4 heterocycles. The first-order chi connectivity index (χ1) is 14.7. The van der Waals surface area contributed by atoms with Crippen molar-refractivity contribution in [2.45, 2.75) is 25.8 Å². The van der Waals surface area contributed by atoms with Gasteiger partial charge in [-0.2, -0.15) is 0 Å². The smallest absolute Gasteiger partial charge is 0.155 e. The highest BCUT2D eigenvalue weighted by atomic mass is 16.5. The molecule has 0 amide bonds. The van der Waals surface area contributed by atoms with E-state index in [0.29, 0.717) is 40.4 Å². The van der Waals surface area contributed by atoms with Crippen molar-refractivity contribution in [2.75, 3.05) is 19.7 Å². The standard InChI is InChI=1S/C23H24N4O3/c1-16-4-2-8-26(16)10-11-29-18-6-7-22-19(13-18)20(25-28)14-23(30-22)21-12-17-5-3-9-27(17)15-24-21/h3,5-7,9,12-16,28H,2,4,8,10-11H2,1H3. The van der Waals surface area contributed by atoms with Gasteiger partial charge in [0.2, 0.25) is 0 Å². The lowest BCUT2D eigenvalue weighted by molar-refractivity contribution is 0.205. The van der Waals surface area contributed by atoms with E-state index in [1.165, 1.54) is 12.8 Å². The van der Waals surface area contributed by atoms with Crippen LogP contribution in [0.3, 0.4) is 0 Å². The number of benzene rings is 1. The van der Waals surface area contributed by atoms with E-state index in [1.807, 2.05) is 47.0 Å². The summed E-state index contributed by atoms with van der Waals surface area (Å²) in [5.74, 6) is 1.27. The third-order valence-electron chi connectivity index (χ3n) is 5.83. The van der Waals surface area contributed by atoms with Gasteiger partial charge in [0.1, 0.15) is 29.0 Å². The van der Waals surface area contributed by atoms with Crippen molar-refractivity contribution >= 4 is 16.5 Å². The van der Waals surface area contributed by atoms with Crippen LogP contribution < -0.4 is 10.1 Å². The highest BCUT2D eigenvalue weighted by molar-refractivity contribution is 5.80. The van der Waals surface area contributed by atoms with Crippen LogP contribution in [-0.2, 0) is 0 Å². The molecule has 0 bridgehead atoms. The summed E-state index contributed by atoms with van der Waals surface area (Å²) in [6.07, 6.45) is 6.19. The summed E-state index contributed by atoms with van der Waals surface area (Å²) in [6, 6.07) is 13.8. The van der Waals surface area contributed by atoms with Crippen LogP contribution in [0.2, 0.25) is 0 Å². The van der Waals surface area contributed by atoms with E-state index in [9.17, 15) is 5.21 Å². The number of hydrogen-bond acceptors (Lipinski definition) is 6. The molecule has 7 nitrogen and oxygen atoms in total. The summed E-state index contributed by atoms with van der Waals surface area (Å²) in [4.78, 5) is 6.90. The van der Waals surface area contributed by atoms with Crippen molar-refractivity contribution in [3.05, 3.63) is 60.3 Å². The van der Waals surface area contributed by atoms with Gasteiger partial charge in [0, 0.05) is 30.4 Å². The van der Waals surface area contributed by atoms with Gasteiger partial charge in [-0.05, 0) is 62.7 Å². The summed E-state index contributed by atoms with van der Waals surface area (Å²) < 4.78 is 13.9. The van der Waals surface area contributed by atoms with Gasteiger partial charge in [0.25, 0.3) is 0 Å². The van der Waals surface area contributed by atoms with Gasteiger partial charge in [-0.1, -0.05) is 5.16 Å². The van der Waals surface area contributed by atoms with Crippen molar-refractivity contribution in [3.63, 3.8) is 0 Å². The number of nitrogens with zero attached hydrogens (tertiary/aromatic N) is 4. The Hall–Kier alpha value is -3.32. The first-order valence-corrected chi connectivity index (χ1v) is 10.3. The Kier molecular flexibility index (Phi) is 4.88. The van der Waals surface area contributed by atoms with Crippen LogP contribution in [0.5, 0.6) is 5.75 Å². The molecule has 154 valence electrons. The van der Waals surface area contributed by atoms with Crippen LogP contribution >= 0.6 is 0 Å². The fraction of sp³-hybridized carbons (Fsp3) is 0.304. The predicted octanol–water partition coefficient (Wildman–Crippen LogP) is 3.90. The third-order valence-corrected chi connectivity index (χ3v) is 5.83. The number of ether oxygens (including phenoxy) is 1. The molecule has 1 saturated heterocycles. The second kappa shape index (κ2) is 7.84. The summed E-state index contributed by atoms with van der Waals surface area (Å²) in [6.45, 7) is 4.94. The topological polar surface area (TPSA) is 75.5 Å². The van der Waals surface area contributed by atoms with Crippen LogP contribution in [-0.4, -0.2) is 45.2 Å². The number of aromatic nitrogens is 2. The van der Waals surface area contributed by atoms with E-state index in [1.54, 1.807) is 12.4 Å². The fourth-order valence-corrected chi connectivity index (χ4v) is 4.12. The van der Waals surface area contributed by atoms with Gasteiger partial charge in [-0.3, -0.25) is 4.90 Å². The Balaban J connectivity index is 1.42. The molecule has 1 aliphatic rings. The Labute approximate surface area is 173 Å². The lowest BCUT2D eigenvalue weighted by atomic mass is 10.2. The SMILES string of the molecule is CC1CCCN1CCOc1ccc2oc(-c3cc4cccn4cn3)cc(=NO)c2c1. The quantitative estimate of drug-likeness (QED) is 0.403.